The number of carbonyl (C=O) groups is 1. The van der Waals surface area contributed by atoms with Crippen molar-refractivity contribution >= 4 is 44.2 Å². The number of halogens is 1. The number of amides is 1. The van der Waals surface area contributed by atoms with E-state index in [2.05, 4.69) is 4.90 Å². The van der Waals surface area contributed by atoms with Crippen molar-refractivity contribution < 1.29 is 9.53 Å². The van der Waals surface area contributed by atoms with E-state index in [-0.39, 0.29) is 11.8 Å². The number of carbonyl (C=O) groups excluding carboxylic acids is 1. The first kappa shape index (κ1) is 20.1. The monoisotopic (exact) mass is 421 g/mol. The molecule has 2 heterocycles. The van der Waals surface area contributed by atoms with Gasteiger partial charge in [0.05, 0.1) is 23.4 Å². The van der Waals surface area contributed by atoms with Gasteiger partial charge in [-0.15, -0.1) is 0 Å². The molecule has 1 saturated carbocycles. The minimum Gasteiger partial charge on any atom is -0.379 e. The van der Waals surface area contributed by atoms with Gasteiger partial charge in [0.2, 0.25) is 5.91 Å². The number of thiazole rings is 1. The highest BCUT2D eigenvalue weighted by Gasteiger charge is 2.30. The Morgan fingerprint density at radius 3 is 2.82 bits per heavy atom. The molecule has 0 unspecified atom stereocenters. The van der Waals surface area contributed by atoms with Crippen LogP contribution in [0.15, 0.2) is 12.1 Å². The molecule has 0 bridgehead atoms. The van der Waals surface area contributed by atoms with E-state index in [1.165, 1.54) is 0 Å². The molecule has 1 saturated heterocycles. The van der Waals surface area contributed by atoms with E-state index in [0.29, 0.717) is 0 Å². The zero-order valence-corrected chi connectivity index (χ0v) is 18.0. The highest BCUT2D eigenvalue weighted by molar-refractivity contribution is 7.22. The Labute approximate surface area is 175 Å². The lowest BCUT2D eigenvalue weighted by atomic mass is 10.1. The summed E-state index contributed by atoms with van der Waals surface area (Å²) in [5.74, 6) is 0.405. The van der Waals surface area contributed by atoms with Crippen LogP contribution in [0, 0.1) is 12.8 Å². The van der Waals surface area contributed by atoms with E-state index >= 15 is 0 Å². The summed E-state index contributed by atoms with van der Waals surface area (Å²) in [6, 6.07) is 3.93. The summed E-state index contributed by atoms with van der Waals surface area (Å²) in [4.78, 5) is 22.5. The Morgan fingerprint density at radius 2 is 2.07 bits per heavy atom. The van der Waals surface area contributed by atoms with Crippen LogP contribution < -0.4 is 4.90 Å². The largest absolute Gasteiger partial charge is 0.379 e. The Bertz CT molecular complexity index is 828. The maximum atomic E-state index is 13.3. The number of hydrogen-bond acceptors (Lipinski definition) is 5. The average Bonchev–Trinajstić information content (AvgIpc) is 3.39. The summed E-state index contributed by atoms with van der Waals surface area (Å²) in [7, 11) is 0. The second-order valence-corrected chi connectivity index (χ2v) is 9.21. The van der Waals surface area contributed by atoms with Crippen molar-refractivity contribution in [3.8, 4) is 0 Å². The molecule has 1 aromatic heterocycles. The van der Waals surface area contributed by atoms with Gasteiger partial charge in [-0.05, 0) is 43.9 Å². The third-order valence-corrected chi connectivity index (χ3v) is 7.35. The van der Waals surface area contributed by atoms with Gasteiger partial charge >= 0.3 is 0 Å². The second kappa shape index (κ2) is 9.08. The van der Waals surface area contributed by atoms with E-state index in [4.69, 9.17) is 21.3 Å². The molecule has 28 heavy (non-hydrogen) atoms. The van der Waals surface area contributed by atoms with Crippen molar-refractivity contribution in [2.24, 2.45) is 5.92 Å². The van der Waals surface area contributed by atoms with Crippen LogP contribution >= 0.6 is 22.9 Å². The number of hydrogen-bond donors (Lipinski definition) is 0. The molecule has 152 valence electrons. The number of benzene rings is 1. The molecule has 0 atom stereocenters. The first-order valence-electron chi connectivity index (χ1n) is 10.3. The lowest BCUT2D eigenvalue weighted by Crippen LogP contribution is -2.40. The molecule has 1 aromatic carbocycles. The van der Waals surface area contributed by atoms with E-state index in [1.54, 1.807) is 11.3 Å². The molecule has 4 rings (SSSR count). The summed E-state index contributed by atoms with van der Waals surface area (Å²) in [5, 5.41) is 1.55. The summed E-state index contributed by atoms with van der Waals surface area (Å²) >= 11 is 7.88. The molecule has 2 fully saturated rings. The minimum absolute atomic E-state index is 0.153. The highest BCUT2D eigenvalue weighted by Crippen LogP contribution is 2.35. The fraction of sp³-hybridized carbons (Fsp3) is 0.619. The maximum Gasteiger partial charge on any atom is 0.231 e. The van der Waals surface area contributed by atoms with Crippen LogP contribution in [-0.2, 0) is 9.53 Å². The van der Waals surface area contributed by atoms with E-state index < -0.39 is 0 Å². The van der Waals surface area contributed by atoms with Crippen molar-refractivity contribution in [2.75, 3.05) is 44.3 Å². The van der Waals surface area contributed by atoms with Crippen LogP contribution in [0.2, 0.25) is 5.02 Å². The summed E-state index contributed by atoms with van der Waals surface area (Å²) in [6.07, 6.45) is 5.29. The molecule has 7 heteroatoms. The molecule has 0 spiro atoms. The molecule has 1 aliphatic heterocycles. The number of ether oxygens (including phenoxy) is 1. The van der Waals surface area contributed by atoms with Gasteiger partial charge in [0, 0.05) is 37.1 Å². The Balaban J connectivity index is 1.53. The van der Waals surface area contributed by atoms with Crippen LogP contribution in [0.3, 0.4) is 0 Å². The first-order valence-corrected chi connectivity index (χ1v) is 11.5. The molecule has 0 radical (unpaired) electrons. The number of anilines is 1. The zero-order valence-electron chi connectivity index (χ0n) is 16.5. The second-order valence-electron chi connectivity index (χ2n) is 7.79. The van der Waals surface area contributed by atoms with Gasteiger partial charge in [-0.25, -0.2) is 4.98 Å². The van der Waals surface area contributed by atoms with Gasteiger partial charge in [-0.3, -0.25) is 14.6 Å². The van der Waals surface area contributed by atoms with Crippen LogP contribution in [0.5, 0.6) is 0 Å². The summed E-state index contributed by atoms with van der Waals surface area (Å²) in [6.45, 7) is 7.29. The number of fused-ring (bicyclic) bond motifs is 1. The van der Waals surface area contributed by atoms with Gasteiger partial charge in [0.15, 0.2) is 5.13 Å². The fourth-order valence-electron chi connectivity index (χ4n) is 4.17. The zero-order chi connectivity index (χ0) is 19.5. The number of morpholine rings is 1. The predicted molar refractivity (Wildman–Crippen MR) is 116 cm³/mol. The molecule has 1 amide bonds. The van der Waals surface area contributed by atoms with Crippen molar-refractivity contribution in [3.05, 3.63) is 22.7 Å². The van der Waals surface area contributed by atoms with Crippen molar-refractivity contribution in [2.45, 2.75) is 39.0 Å². The van der Waals surface area contributed by atoms with Gasteiger partial charge in [0.1, 0.15) is 0 Å². The van der Waals surface area contributed by atoms with Crippen molar-refractivity contribution in [1.29, 1.82) is 0 Å². The molecular formula is C21H28ClN3O2S. The highest BCUT2D eigenvalue weighted by atomic mass is 35.5. The third kappa shape index (κ3) is 4.35. The molecule has 0 N–H and O–H groups in total. The molecule has 1 aliphatic carbocycles. The fourth-order valence-corrected chi connectivity index (χ4v) is 5.38. The first-order chi connectivity index (χ1) is 13.6. The van der Waals surface area contributed by atoms with Gasteiger partial charge in [-0.2, -0.15) is 0 Å². The Kier molecular flexibility index (Phi) is 6.51. The normalized spacial score (nSPS) is 18.8. The van der Waals surface area contributed by atoms with Gasteiger partial charge in [-0.1, -0.05) is 35.8 Å². The number of rotatable bonds is 6. The van der Waals surface area contributed by atoms with E-state index in [9.17, 15) is 4.79 Å². The predicted octanol–water partition coefficient (Wildman–Crippen LogP) is 4.50. The number of aromatic nitrogens is 1. The SMILES string of the molecule is Cc1c(Cl)ccc2sc(N(CCCN3CCOCC3)C(=O)C3CCCC3)nc12. The minimum atomic E-state index is 0.153. The molecule has 2 aromatic rings. The van der Waals surface area contributed by atoms with E-state index in [1.807, 2.05) is 24.0 Å². The average molecular weight is 422 g/mol. The van der Waals surface area contributed by atoms with Crippen LogP contribution in [0.4, 0.5) is 5.13 Å². The van der Waals surface area contributed by atoms with Crippen LogP contribution in [-0.4, -0.2) is 55.2 Å². The van der Waals surface area contributed by atoms with Gasteiger partial charge < -0.3 is 4.74 Å². The Morgan fingerprint density at radius 1 is 1.32 bits per heavy atom. The standard InChI is InChI=1S/C21H28ClN3O2S/c1-15-17(22)7-8-18-19(15)23-21(28-18)25(20(26)16-5-2-3-6-16)10-4-9-24-11-13-27-14-12-24/h7-8,16H,2-6,9-14H2,1H3. The molecule has 5 nitrogen and oxygen atoms in total. The van der Waals surface area contributed by atoms with Gasteiger partial charge in [0.25, 0.3) is 0 Å². The smallest absolute Gasteiger partial charge is 0.231 e. The Hall–Kier alpha value is -1.21. The quantitative estimate of drug-likeness (QED) is 0.688. The lowest BCUT2D eigenvalue weighted by molar-refractivity contribution is -0.122. The van der Waals surface area contributed by atoms with Crippen LogP contribution in [0.1, 0.15) is 37.7 Å². The third-order valence-electron chi connectivity index (χ3n) is 5.90. The number of aryl methyl sites for hydroxylation is 1. The topological polar surface area (TPSA) is 45.7 Å². The van der Waals surface area contributed by atoms with Crippen molar-refractivity contribution in [1.82, 2.24) is 9.88 Å². The maximum absolute atomic E-state index is 13.3. The summed E-state index contributed by atoms with van der Waals surface area (Å²) < 4.78 is 6.52. The summed E-state index contributed by atoms with van der Waals surface area (Å²) in [5.41, 5.74) is 1.91. The van der Waals surface area contributed by atoms with E-state index in [0.717, 1.165) is 97.4 Å². The molecule has 2 aliphatic rings. The van der Waals surface area contributed by atoms with Crippen molar-refractivity contribution in [3.63, 3.8) is 0 Å². The van der Waals surface area contributed by atoms with Crippen LogP contribution in [0.25, 0.3) is 10.2 Å². The molecular weight excluding hydrogens is 394 g/mol. The number of nitrogens with zero attached hydrogens (tertiary/aromatic N) is 3. The lowest BCUT2D eigenvalue weighted by Gasteiger charge is -2.28.